The Morgan fingerprint density at radius 2 is 1.93 bits per heavy atom. The smallest absolute Gasteiger partial charge is 0.319 e. The van der Waals surface area contributed by atoms with Crippen molar-refractivity contribution in [1.29, 1.82) is 0 Å². The summed E-state index contributed by atoms with van der Waals surface area (Å²) in [7, 11) is -3.24. The quantitative estimate of drug-likeness (QED) is 0.575. The van der Waals surface area contributed by atoms with Crippen LogP contribution in [0.1, 0.15) is 11.5 Å². The lowest BCUT2D eigenvalue weighted by Gasteiger charge is -2.08. The Morgan fingerprint density at radius 1 is 1.18 bits per heavy atom. The number of hydrogen-bond acceptors (Lipinski definition) is 7. The van der Waals surface area contributed by atoms with Crippen LogP contribution in [-0.2, 0) is 22.1 Å². The van der Waals surface area contributed by atoms with Gasteiger partial charge >= 0.3 is 6.03 Å². The molecule has 2 aromatic heterocycles. The molecule has 2 heterocycles. The van der Waals surface area contributed by atoms with Crippen molar-refractivity contribution in [3.8, 4) is 11.4 Å². The van der Waals surface area contributed by atoms with Gasteiger partial charge in [0.25, 0.3) is 0 Å². The number of nitrogens with zero attached hydrogens (tertiary/aromatic N) is 2. The Morgan fingerprint density at radius 3 is 2.57 bits per heavy atom. The van der Waals surface area contributed by atoms with E-state index >= 15 is 0 Å². The van der Waals surface area contributed by atoms with E-state index in [2.05, 4.69) is 20.6 Å². The molecule has 0 spiro atoms. The van der Waals surface area contributed by atoms with Crippen LogP contribution >= 0.6 is 0 Å². The molecule has 0 radical (unpaired) electrons. The summed E-state index contributed by atoms with van der Waals surface area (Å²) >= 11 is 0. The molecule has 10 heteroatoms. The van der Waals surface area contributed by atoms with Gasteiger partial charge in [0.05, 0.1) is 24.3 Å². The third-order valence-electron chi connectivity index (χ3n) is 3.61. The average molecular weight is 401 g/mol. The molecular formula is C18H19N5O4S. The maximum atomic E-state index is 11.9. The monoisotopic (exact) mass is 401 g/mol. The number of anilines is 2. The van der Waals surface area contributed by atoms with Crippen LogP contribution in [0.2, 0.25) is 0 Å². The van der Waals surface area contributed by atoms with Crippen molar-refractivity contribution in [2.75, 3.05) is 17.3 Å². The number of carbonyl (C=O) groups is 1. The van der Waals surface area contributed by atoms with E-state index in [1.807, 2.05) is 0 Å². The van der Waals surface area contributed by atoms with Crippen molar-refractivity contribution in [3.63, 3.8) is 0 Å². The van der Waals surface area contributed by atoms with Crippen molar-refractivity contribution in [2.45, 2.75) is 12.3 Å². The Bertz CT molecular complexity index is 1060. The molecule has 0 aliphatic heterocycles. The second-order valence-corrected chi connectivity index (χ2v) is 8.28. The first-order valence-electron chi connectivity index (χ1n) is 8.27. The summed E-state index contributed by atoms with van der Waals surface area (Å²) in [6, 6.07) is 11.4. The molecule has 3 rings (SSSR count). The number of hydrogen-bond donors (Lipinski definition) is 3. The van der Waals surface area contributed by atoms with Crippen LogP contribution < -0.4 is 16.4 Å². The molecule has 3 aromatic rings. The Balaban J connectivity index is 1.67. The molecule has 1 aromatic carbocycles. The van der Waals surface area contributed by atoms with Gasteiger partial charge in [0.2, 0.25) is 0 Å². The van der Waals surface area contributed by atoms with Crippen molar-refractivity contribution in [1.82, 2.24) is 15.3 Å². The van der Waals surface area contributed by atoms with Crippen LogP contribution in [0.25, 0.3) is 11.4 Å². The van der Waals surface area contributed by atoms with Crippen LogP contribution in [0.4, 0.5) is 16.3 Å². The van der Waals surface area contributed by atoms with E-state index in [0.717, 1.165) is 6.26 Å². The Kier molecular flexibility index (Phi) is 5.59. The highest BCUT2D eigenvalue weighted by atomic mass is 32.2. The first-order valence-corrected chi connectivity index (χ1v) is 10.3. The van der Waals surface area contributed by atoms with Gasteiger partial charge in [-0.1, -0.05) is 0 Å². The number of nitrogen functional groups attached to an aromatic ring is 1. The highest BCUT2D eigenvalue weighted by molar-refractivity contribution is 7.89. The molecule has 146 valence electrons. The standard InChI is InChI=1S/C18H19N5O4S/c1-28(25,26)11-14-9-16(19)23-17(21-14)12-4-6-13(7-5-12)22-18(24)20-10-15-3-2-8-27-15/h2-9H,10-11H2,1H3,(H2,19,21,23)(H2,20,22,24). The zero-order valence-corrected chi connectivity index (χ0v) is 15.9. The van der Waals surface area contributed by atoms with E-state index in [4.69, 9.17) is 10.2 Å². The van der Waals surface area contributed by atoms with Crippen LogP contribution in [0.15, 0.2) is 53.1 Å². The zero-order chi connectivity index (χ0) is 20.1. The van der Waals surface area contributed by atoms with E-state index in [9.17, 15) is 13.2 Å². The number of nitrogens with two attached hydrogens (primary N) is 1. The van der Waals surface area contributed by atoms with Gasteiger partial charge in [-0.2, -0.15) is 0 Å². The summed E-state index contributed by atoms with van der Waals surface area (Å²) in [6.45, 7) is 0.275. The van der Waals surface area contributed by atoms with Crippen molar-refractivity contribution in [3.05, 3.63) is 60.2 Å². The maximum Gasteiger partial charge on any atom is 0.319 e. The van der Waals surface area contributed by atoms with Crippen LogP contribution in [0.5, 0.6) is 0 Å². The normalized spacial score (nSPS) is 11.2. The summed E-state index contributed by atoms with van der Waals surface area (Å²) in [5.41, 5.74) is 7.30. The molecule has 0 atom stereocenters. The number of nitrogens with one attached hydrogen (secondary N) is 2. The molecule has 0 aliphatic carbocycles. The molecule has 0 aliphatic rings. The molecule has 0 fully saturated rings. The van der Waals surface area contributed by atoms with Gasteiger partial charge in [0, 0.05) is 23.6 Å². The molecule has 28 heavy (non-hydrogen) atoms. The molecular weight excluding hydrogens is 382 g/mol. The van der Waals surface area contributed by atoms with Gasteiger partial charge in [0.1, 0.15) is 11.6 Å². The van der Waals surface area contributed by atoms with Crippen molar-refractivity contribution >= 4 is 27.4 Å². The van der Waals surface area contributed by atoms with Crippen molar-refractivity contribution in [2.24, 2.45) is 0 Å². The molecule has 0 unspecified atom stereocenters. The second kappa shape index (κ2) is 8.09. The fraction of sp³-hybridized carbons (Fsp3) is 0.167. The lowest BCUT2D eigenvalue weighted by molar-refractivity contribution is 0.251. The number of urea groups is 1. The van der Waals surface area contributed by atoms with Crippen LogP contribution in [-0.4, -0.2) is 30.7 Å². The van der Waals surface area contributed by atoms with Gasteiger partial charge < -0.3 is 20.8 Å². The first-order chi connectivity index (χ1) is 13.3. The van der Waals surface area contributed by atoms with Gasteiger partial charge in [0.15, 0.2) is 15.7 Å². The van der Waals surface area contributed by atoms with Crippen LogP contribution in [0.3, 0.4) is 0 Å². The molecule has 0 saturated heterocycles. The molecule has 2 amide bonds. The summed E-state index contributed by atoms with van der Waals surface area (Å²) in [5, 5.41) is 5.37. The number of rotatable bonds is 6. The van der Waals surface area contributed by atoms with E-state index in [1.54, 1.807) is 36.4 Å². The molecule has 0 bridgehead atoms. The van der Waals surface area contributed by atoms with Gasteiger partial charge in [-0.05, 0) is 36.4 Å². The number of amides is 2. The fourth-order valence-electron chi connectivity index (χ4n) is 2.45. The number of benzene rings is 1. The van der Waals surface area contributed by atoms with Gasteiger partial charge in [-0.15, -0.1) is 0 Å². The Labute approximate surface area is 161 Å². The van der Waals surface area contributed by atoms with E-state index in [0.29, 0.717) is 28.5 Å². The van der Waals surface area contributed by atoms with Crippen molar-refractivity contribution < 1.29 is 17.6 Å². The second-order valence-electron chi connectivity index (χ2n) is 6.14. The highest BCUT2D eigenvalue weighted by Crippen LogP contribution is 2.20. The summed E-state index contributed by atoms with van der Waals surface area (Å²) in [4.78, 5) is 20.3. The maximum absolute atomic E-state index is 11.9. The first kappa shape index (κ1) is 19.4. The molecule has 0 saturated carbocycles. The van der Waals surface area contributed by atoms with E-state index in [-0.39, 0.29) is 24.1 Å². The van der Waals surface area contributed by atoms with E-state index < -0.39 is 9.84 Å². The lowest BCUT2D eigenvalue weighted by atomic mass is 10.2. The summed E-state index contributed by atoms with van der Waals surface area (Å²) in [5.74, 6) is 0.923. The SMILES string of the molecule is CS(=O)(=O)Cc1cc(N)nc(-c2ccc(NC(=O)NCc3ccco3)cc2)n1. The predicted octanol–water partition coefficient (Wildman–Crippen LogP) is 2.19. The minimum atomic E-state index is -3.24. The number of sulfone groups is 1. The molecule has 4 N–H and O–H groups in total. The minimum absolute atomic E-state index is 0.183. The largest absolute Gasteiger partial charge is 0.467 e. The number of carbonyl (C=O) groups excluding carboxylic acids is 1. The highest BCUT2D eigenvalue weighted by Gasteiger charge is 2.11. The Hall–Kier alpha value is -3.40. The molecule has 9 nitrogen and oxygen atoms in total. The van der Waals surface area contributed by atoms with Gasteiger partial charge in [-0.3, -0.25) is 0 Å². The third-order valence-corrected chi connectivity index (χ3v) is 4.43. The fourth-order valence-corrected chi connectivity index (χ4v) is 3.13. The van der Waals surface area contributed by atoms with E-state index in [1.165, 1.54) is 12.3 Å². The summed E-state index contributed by atoms with van der Waals surface area (Å²) in [6.07, 6.45) is 2.66. The number of aromatic nitrogens is 2. The lowest BCUT2D eigenvalue weighted by Crippen LogP contribution is -2.27. The average Bonchev–Trinajstić information content (AvgIpc) is 3.12. The zero-order valence-electron chi connectivity index (χ0n) is 15.0. The summed E-state index contributed by atoms with van der Waals surface area (Å²) < 4.78 is 28.1. The minimum Gasteiger partial charge on any atom is -0.467 e. The third kappa shape index (κ3) is 5.55. The number of furan rings is 1. The van der Waals surface area contributed by atoms with Gasteiger partial charge in [-0.25, -0.2) is 23.2 Å². The predicted molar refractivity (Wildman–Crippen MR) is 105 cm³/mol. The van der Waals surface area contributed by atoms with Crippen LogP contribution in [0, 0.1) is 0 Å². The topological polar surface area (TPSA) is 140 Å².